The monoisotopic (exact) mass is 311 g/mol. The highest BCUT2D eigenvalue weighted by Gasteiger charge is 2.25. The number of hydrogen-bond donors (Lipinski definition) is 2. The Morgan fingerprint density at radius 1 is 1.35 bits per heavy atom. The molecule has 3 aromatic rings. The third-order valence-corrected chi connectivity index (χ3v) is 3.99. The van der Waals surface area contributed by atoms with Crippen molar-refractivity contribution in [3.05, 3.63) is 65.9 Å². The normalized spacial score (nSPS) is 11.6. The zero-order chi connectivity index (χ0) is 16.4. The molecule has 0 atom stereocenters. The second kappa shape index (κ2) is 5.83. The van der Waals surface area contributed by atoms with Gasteiger partial charge in [-0.2, -0.15) is 0 Å². The Hall–Kier alpha value is -2.69. The molecule has 5 heteroatoms. The molecule has 2 N–H and O–H groups in total. The van der Waals surface area contributed by atoms with Gasteiger partial charge in [0.05, 0.1) is 5.56 Å². The molecule has 0 radical (unpaired) electrons. The van der Waals surface area contributed by atoms with Crippen LogP contribution >= 0.6 is 0 Å². The Labute approximate surface area is 133 Å². The molecule has 0 aliphatic rings. The number of aromatic amines is 1. The standard InChI is InChI=1S/C18H18FN3O/c1-18(2,11-22-17(23)12-4-3-7-20-9-12)15-10-21-16-6-5-13(19)8-14(15)16/h3-10,21H,11H2,1-2H3,(H,22,23). The number of hydrogen-bond acceptors (Lipinski definition) is 2. The Morgan fingerprint density at radius 2 is 2.17 bits per heavy atom. The van der Waals surface area contributed by atoms with Crippen LogP contribution in [0.2, 0.25) is 0 Å². The fourth-order valence-electron chi connectivity index (χ4n) is 2.65. The molecule has 0 saturated heterocycles. The Balaban J connectivity index is 1.80. The van der Waals surface area contributed by atoms with Crippen molar-refractivity contribution >= 4 is 16.8 Å². The number of carbonyl (C=O) groups is 1. The van der Waals surface area contributed by atoms with Gasteiger partial charge in [-0.05, 0) is 35.9 Å². The van der Waals surface area contributed by atoms with E-state index < -0.39 is 0 Å². The highest BCUT2D eigenvalue weighted by Crippen LogP contribution is 2.30. The van der Waals surface area contributed by atoms with Crippen molar-refractivity contribution in [1.29, 1.82) is 0 Å². The van der Waals surface area contributed by atoms with Crippen LogP contribution in [0, 0.1) is 5.82 Å². The number of nitrogens with zero attached hydrogens (tertiary/aromatic N) is 1. The molecule has 0 unspecified atom stereocenters. The van der Waals surface area contributed by atoms with E-state index in [2.05, 4.69) is 15.3 Å². The van der Waals surface area contributed by atoms with Gasteiger partial charge >= 0.3 is 0 Å². The minimum atomic E-state index is -0.343. The zero-order valence-corrected chi connectivity index (χ0v) is 13.1. The third-order valence-electron chi connectivity index (χ3n) is 3.99. The topological polar surface area (TPSA) is 57.8 Å². The minimum Gasteiger partial charge on any atom is -0.361 e. The predicted octanol–water partition coefficient (Wildman–Crippen LogP) is 3.41. The molecule has 0 fully saturated rings. The van der Waals surface area contributed by atoms with Gasteiger partial charge in [0.15, 0.2) is 0 Å². The molecule has 2 aromatic heterocycles. The molecule has 23 heavy (non-hydrogen) atoms. The smallest absolute Gasteiger partial charge is 0.252 e. The van der Waals surface area contributed by atoms with Crippen molar-refractivity contribution in [2.75, 3.05) is 6.54 Å². The van der Waals surface area contributed by atoms with E-state index in [1.54, 1.807) is 24.4 Å². The third kappa shape index (κ3) is 3.08. The maximum atomic E-state index is 13.5. The minimum absolute atomic E-state index is 0.169. The number of pyridine rings is 1. The van der Waals surface area contributed by atoms with Crippen LogP contribution in [-0.4, -0.2) is 22.4 Å². The van der Waals surface area contributed by atoms with E-state index in [9.17, 15) is 9.18 Å². The van der Waals surface area contributed by atoms with Gasteiger partial charge in [-0.1, -0.05) is 13.8 Å². The van der Waals surface area contributed by atoms with Gasteiger partial charge in [0, 0.05) is 41.5 Å². The van der Waals surface area contributed by atoms with Crippen molar-refractivity contribution in [3.63, 3.8) is 0 Å². The first-order valence-corrected chi connectivity index (χ1v) is 7.43. The SMILES string of the molecule is CC(C)(CNC(=O)c1cccnc1)c1c[nH]c2ccc(F)cc12. The Kier molecular flexibility index (Phi) is 3.86. The van der Waals surface area contributed by atoms with Crippen LogP contribution in [0.15, 0.2) is 48.9 Å². The second-order valence-electron chi connectivity index (χ2n) is 6.20. The molecule has 1 aromatic carbocycles. The molecule has 118 valence electrons. The number of nitrogens with one attached hydrogen (secondary N) is 2. The highest BCUT2D eigenvalue weighted by atomic mass is 19.1. The molecule has 0 saturated carbocycles. The molecular formula is C18H18FN3O. The van der Waals surface area contributed by atoms with Crippen LogP contribution in [0.5, 0.6) is 0 Å². The largest absolute Gasteiger partial charge is 0.361 e. The summed E-state index contributed by atoms with van der Waals surface area (Å²) in [7, 11) is 0. The Morgan fingerprint density at radius 3 is 2.91 bits per heavy atom. The van der Waals surface area contributed by atoms with E-state index in [1.165, 1.54) is 18.3 Å². The van der Waals surface area contributed by atoms with Crippen LogP contribution in [0.25, 0.3) is 10.9 Å². The van der Waals surface area contributed by atoms with Crippen LogP contribution in [0.4, 0.5) is 4.39 Å². The lowest BCUT2D eigenvalue weighted by Gasteiger charge is -2.25. The van der Waals surface area contributed by atoms with Gasteiger partial charge in [0.2, 0.25) is 0 Å². The number of benzene rings is 1. The molecule has 1 amide bonds. The summed E-state index contributed by atoms with van der Waals surface area (Å²) in [5, 5.41) is 3.76. The average Bonchev–Trinajstić information content (AvgIpc) is 2.97. The average molecular weight is 311 g/mol. The number of aromatic nitrogens is 2. The van der Waals surface area contributed by atoms with Gasteiger partial charge in [0.1, 0.15) is 5.82 Å². The maximum Gasteiger partial charge on any atom is 0.252 e. The molecule has 2 heterocycles. The quantitative estimate of drug-likeness (QED) is 0.776. The van der Waals surface area contributed by atoms with Crippen LogP contribution in [0.3, 0.4) is 0 Å². The van der Waals surface area contributed by atoms with E-state index in [0.29, 0.717) is 12.1 Å². The maximum absolute atomic E-state index is 13.5. The number of rotatable bonds is 4. The summed E-state index contributed by atoms with van der Waals surface area (Å²) in [6.07, 6.45) is 5.03. The number of carbonyl (C=O) groups excluding carboxylic acids is 1. The van der Waals surface area contributed by atoms with Gasteiger partial charge in [-0.25, -0.2) is 4.39 Å². The number of H-pyrrole nitrogens is 1. The summed E-state index contributed by atoms with van der Waals surface area (Å²) in [6.45, 7) is 4.47. The summed E-state index contributed by atoms with van der Waals surface area (Å²) in [6, 6.07) is 8.11. The zero-order valence-electron chi connectivity index (χ0n) is 13.1. The van der Waals surface area contributed by atoms with Crippen molar-refractivity contribution in [3.8, 4) is 0 Å². The molecule has 0 bridgehead atoms. The first-order chi connectivity index (χ1) is 11.0. The fourth-order valence-corrected chi connectivity index (χ4v) is 2.65. The molecule has 0 aliphatic heterocycles. The Bertz CT molecular complexity index is 840. The summed E-state index contributed by atoms with van der Waals surface area (Å²) >= 11 is 0. The highest BCUT2D eigenvalue weighted by molar-refractivity contribution is 5.94. The molecule has 0 aliphatic carbocycles. The summed E-state index contributed by atoms with van der Waals surface area (Å²) in [5.74, 6) is -0.439. The first-order valence-electron chi connectivity index (χ1n) is 7.43. The van der Waals surface area contributed by atoms with Gasteiger partial charge < -0.3 is 10.3 Å². The molecule has 4 nitrogen and oxygen atoms in total. The summed E-state index contributed by atoms with van der Waals surface area (Å²) in [5.41, 5.74) is 2.03. The van der Waals surface area contributed by atoms with Crippen molar-refractivity contribution in [2.24, 2.45) is 0 Å². The van der Waals surface area contributed by atoms with E-state index in [4.69, 9.17) is 0 Å². The van der Waals surface area contributed by atoms with Gasteiger partial charge in [-0.3, -0.25) is 9.78 Å². The summed E-state index contributed by atoms with van der Waals surface area (Å²) < 4.78 is 13.5. The summed E-state index contributed by atoms with van der Waals surface area (Å²) in [4.78, 5) is 19.3. The van der Waals surface area contributed by atoms with Gasteiger partial charge in [-0.15, -0.1) is 0 Å². The van der Waals surface area contributed by atoms with E-state index in [0.717, 1.165) is 16.5 Å². The van der Waals surface area contributed by atoms with Crippen molar-refractivity contribution in [1.82, 2.24) is 15.3 Å². The van der Waals surface area contributed by atoms with E-state index in [-0.39, 0.29) is 17.1 Å². The van der Waals surface area contributed by atoms with E-state index >= 15 is 0 Å². The number of amides is 1. The molecule has 0 spiro atoms. The number of fused-ring (bicyclic) bond motifs is 1. The number of halogens is 1. The van der Waals surface area contributed by atoms with E-state index in [1.807, 2.05) is 20.0 Å². The van der Waals surface area contributed by atoms with Crippen LogP contribution in [-0.2, 0) is 5.41 Å². The molecular weight excluding hydrogens is 293 g/mol. The lowest BCUT2D eigenvalue weighted by Crippen LogP contribution is -2.36. The lowest BCUT2D eigenvalue weighted by molar-refractivity contribution is 0.0945. The van der Waals surface area contributed by atoms with Gasteiger partial charge in [0.25, 0.3) is 5.91 Å². The van der Waals surface area contributed by atoms with Crippen molar-refractivity contribution < 1.29 is 9.18 Å². The lowest BCUT2D eigenvalue weighted by atomic mass is 9.84. The van der Waals surface area contributed by atoms with Crippen LogP contribution in [0.1, 0.15) is 29.8 Å². The second-order valence-corrected chi connectivity index (χ2v) is 6.20. The van der Waals surface area contributed by atoms with Crippen molar-refractivity contribution in [2.45, 2.75) is 19.3 Å². The molecule has 3 rings (SSSR count). The first kappa shape index (κ1) is 15.2. The predicted molar refractivity (Wildman–Crippen MR) is 87.9 cm³/mol. The van der Waals surface area contributed by atoms with Crippen LogP contribution < -0.4 is 5.32 Å². The fraction of sp³-hybridized carbons (Fsp3) is 0.222.